The summed E-state index contributed by atoms with van der Waals surface area (Å²) in [7, 11) is 0. The molecule has 3 rings (SSSR count). The van der Waals surface area contributed by atoms with E-state index in [0.717, 1.165) is 11.8 Å². The Hall–Kier alpha value is -3.68. The Morgan fingerprint density at radius 2 is 2.04 bits per heavy atom. The molecule has 1 N–H and O–H groups in total. The highest BCUT2D eigenvalue weighted by molar-refractivity contribution is 6.05. The van der Waals surface area contributed by atoms with Crippen LogP contribution in [0.3, 0.4) is 0 Å². The van der Waals surface area contributed by atoms with Crippen molar-refractivity contribution in [3.05, 3.63) is 77.6 Å². The van der Waals surface area contributed by atoms with Gasteiger partial charge in [-0.05, 0) is 31.5 Å². The van der Waals surface area contributed by atoms with E-state index in [1.54, 1.807) is 42.7 Å². The molecule has 0 unspecified atom stereocenters. The van der Waals surface area contributed by atoms with Gasteiger partial charge in [-0.1, -0.05) is 18.1 Å². The summed E-state index contributed by atoms with van der Waals surface area (Å²) in [5.74, 6) is -0.289. The first-order chi connectivity index (χ1) is 13.6. The van der Waals surface area contributed by atoms with E-state index in [9.17, 15) is 9.18 Å². The van der Waals surface area contributed by atoms with Crippen LogP contribution >= 0.6 is 0 Å². The quantitative estimate of drug-likeness (QED) is 0.520. The lowest BCUT2D eigenvalue weighted by Crippen LogP contribution is -2.15. The van der Waals surface area contributed by atoms with E-state index in [2.05, 4.69) is 25.4 Å². The van der Waals surface area contributed by atoms with Crippen LogP contribution in [0.5, 0.6) is 5.88 Å². The standard InChI is InChI=1S/C20H18FN5O2/c1-3-17(26-28-19-6-4-5-9-23-19)14-7-8-18(24-10-14)25-20(27)15-11-22-12-16(21)13(15)2/h4-12H,3H2,1-2H3,(H,24,25,27). The molecule has 142 valence electrons. The Labute approximate surface area is 161 Å². The number of carbonyl (C=O) groups is 1. The second-order valence-electron chi connectivity index (χ2n) is 5.83. The van der Waals surface area contributed by atoms with Crippen LogP contribution in [0, 0.1) is 12.7 Å². The fraction of sp³-hybridized carbons (Fsp3) is 0.150. The van der Waals surface area contributed by atoms with Gasteiger partial charge in [0.1, 0.15) is 11.6 Å². The van der Waals surface area contributed by atoms with Gasteiger partial charge < -0.3 is 10.2 Å². The minimum absolute atomic E-state index is 0.158. The average molecular weight is 379 g/mol. The fourth-order valence-corrected chi connectivity index (χ4v) is 2.37. The summed E-state index contributed by atoms with van der Waals surface area (Å²) in [4.78, 5) is 29.6. The second kappa shape index (κ2) is 8.81. The first kappa shape index (κ1) is 19.1. The van der Waals surface area contributed by atoms with Crippen molar-refractivity contribution in [3.63, 3.8) is 0 Å². The second-order valence-corrected chi connectivity index (χ2v) is 5.83. The maximum Gasteiger partial charge on any atom is 0.258 e. The lowest BCUT2D eigenvalue weighted by Gasteiger charge is -2.08. The SMILES string of the molecule is CCC(=NOc1ccccn1)c1ccc(NC(=O)c2cncc(F)c2C)nc1. The number of carbonyl (C=O) groups excluding carboxylic acids is 1. The van der Waals surface area contributed by atoms with Crippen molar-refractivity contribution in [1.29, 1.82) is 0 Å². The van der Waals surface area contributed by atoms with Crippen LogP contribution in [-0.4, -0.2) is 26.6 Å². The summed E-state index contributed by atoms with van der Waals surface area (Å²) in [5, 5.41) is 6.75. The van der Waals surface area contributed by atoms with Gasteiger partial charge in [0.2, 0.25) is 5.88 Å². The van der Waals surface area contributed by atoms with Crippen LogP contribution in [0.15, 0.2) is 60.3 Å². The van der Waals surface area contributed by atoms with Crippen LogP contribution in [0.25, 0.3) is 0 Å². The maximum absolute atomic E-state index is 13.6. The molecule has 0 fully saturated rings. The van der Waals surface area contributed by atoms with Crippen molar-refractivity contribution in [2.24, 2.45) is 5.16 Å². The molecule has 3 aromatic rings. The summed E-state index contributed by atoms with van der Waals surface area (Å²) in [6.07, 6.45) is 6.20. The van der Waals surface area contributed by atoms with Gasteiger partial charge in [0.15, 0.2) is 0 Å². The predicted molar refractivity (Wildman–Crippen MR) is 103 cm³/mol. The number of nitrogens with zero attached hydrogens (tertiary/aromatic N) is 4. The molecule has 7 nitrogen and oxygen atoms in total. The van der Waals surface area contributed by atoms with Gasteiger partial charge in [-0.2, -0.15) is 0 Å². The molecule has 0 saturated heterocycles. The summed E-state index contributed by atoms with van der Waals surface area (Å²) in [5.41, 5.74) is 1.82. The van der Waals surface area contributed by atoms with E-state index in [4.69, 9.17) is 4.84 Å². The molecule has 0 aromatic carbocycles. The number of anilines is 1. The van der Waals surface area contributed by atoms with Gasteiger partial charge >= 0.3 is 0 Å². The molecule has 28 heavy (non-hydrogen) atoms. The first-order valence-corrected chi connectivity index (χ1v) is 8.61. The number of aromatic nitrogens is 3. The normalized spacial score (nSPS) is 11.2. The zero-order valence-corrected chi connectivity index (χ0v) is 15.4. The number of pyridine rings is 3. The third kappa shape index (κ3) is 4.53. The Morgan fingerprint density at radius 3 is 2.71 bits per heavy atom. The van der Waals surface area contributed by atoms with Crippen LogP contribution in [0.4, 0.5) is 10.2 Å². The van der Waals surface area contributed by atoms with Gasteiger partial charge in [-0.15, -0.1) is 0 Å². The number of oxime groups is 1. The third-order valence-corrected chi connectivity index (χ3v) is 3.96. The lowest BCUT2D eigenvalue weighted by atomic mass is 10.1. The van der Waals surface area contributed by atoms with Crippen LogP contribution in [-0.2, 0) is 0 Å². The Morgan fingerprint density at radius 1 is 1.18 bits per heavy atom. The molecular formula is C20H18FN5O2. The molecule has 0 atom stereocenters. The van der Waals surface area contributed by atoms with Crippen LogP contribution < -0.4 is 10.2 Å². The number of halogens is 1. The topological polar surface area (TPSA) is 89.4 Å². The van der Waals surface area contributed by atoms with Crippen molar-refractivity contribution in [1.82, 2.24) is 15.0 Å². The highest BCUT2D eigenvalue weighted by Gasteiger charge is 2.13. The smallest absolute Gasteiger partial charge is 0.258 e. The number of nitrogens with one attached hydrogen (secondary N) is 1. The third-order valence-electron chi connectivity index (χ3n) is 3.96. The molecule has 0 spiro atoms. The Balaban J connectivity index is 1.71. The number of rotatable bonds is 6. The van der Waals surface area contributed by atoms with E-state index in [1.165, 1.54) is 13.1 Å². The number of hydrogen-bond donors (Lipinski definition) is 1. The molecule has 0 bridgehead atoms. The van der Waals surface area contributed by atoms with Crippen molar-refractivity contribution in [2.75, 3.05) is 5.32 Å². The van der Waals surface area contributed by atoms with Crippen LogP contribution in [0.1, 0.15) is 34.8 Å². The van der Waals surface area contributed by atoms with Gasteiger partial charge in [-0.3, -0.25) is 9.78 Å². The minimum Gasteiger partial charge on any atom is -0.336 e. The van der Waals surface area contributed by atoms with Gasteiger partial charge in [-0.25, -0.2) is 14.4 Å². The monoisotopic (exact) mass is 379 g/mol. The summed E-state index contributed by atoms with van der Waals surface area (Å²) >= 11 is 0. The first-order valence-electron chi connectivity index (χ1n) is 8.61. The number of amides is 1. The largest absolute Gasteiger partial charge is 0.336 e. The molecule has 3 aromatic heterocycles. The van der Waals surface area contributed by atoms with Gasteiger partial charge in [0.25, 0.3) is 5.91 Å². The molecule has 0 aliphatic carbocycles. The lowest BCUT2D eigenvalue weighted by molar-refractivity contribution is 0.102. The van der Waals surface area contributed by atoms with Crippen LogP contribution in [0.2, 0.25) is 0 Å². The average Bonchev–Trinajstić information content (AvgIpc) is 2.72. The zero-order valence-electron chi connectivity index (χ0n) is 15.4. The molecule has 0 aliphatic heterocycles. The van der Waals surface area contributed by atoms with E-state index in [1.807, 2.05) is 6.92 Å². The highest BCUT2D eigenvalue weighted by atomic mass is 19.1. The Kier molecular flexibility index (Phi) is 6.01. The van der Waals surface area contributed by atoms with Crippen molar-refractivity contribution < 1.29 is 14.0 Å². The van der Waals surface area contributed by atoms with Crippen molar-refractivity contribution in [2.45, 2.75) is 20.3 Å². The van der Waals surface area contributed by atoms with E-state index >= 15 is 0 Å². The Bertz CT molecular complexity index is 991. The highest BCUT2D eigenvalue weighted by Crippen LogP contribution is 2.14. The fourth-order valence-electron chi connectivity index (χ4n) is 2.37. The summed E-state index contributed by atoms with van der Waals surface area (Å²) in [6.45, 7) is 3.46. The van der Waals surface area contributed by atoms with Gasteiger partial charge in [0.05, 0.1) is 17.5 Å². The van der Waals surface area contributed by atoms with E-state index < -0.39 is 11.7 Å². The zero-order chi connectivity index (χ0) is 19.9. The van der Waals surface area contributed by atoms with Crippen molar-refractivity contribution in [3.8, 4) is 5.88 Å². The molecule has 0 radical (unpaired) electrons. The minimum atomic E-state index is -0.535. The predicted octanol–water partition coefficient (Wildman–Crippen LogP) is 3.76. The van der Waals surface area contributed by atoms with E-state index in [-0.39, 0.29) is 11.1 Å². The number of hydrogen-bond acceptors (Lipinski definition) is 6. The van der Waals surface area contributed by atoms with Gasteiger partial charge in [0, 0.05) is 35.8 Å². The molecule has 0 saturated carbocycles. The summed E-state index contributed by atoms with van der Waals surface area (Å²) < 4.78 is 13.6. The molecule has 1 amide bonds. The molecular weight excluding hydrogens is 361 g/mol. The molecule has 0 aliphatic rings. The molecule has 8 heteroatoms. The van der Waals surface area contributed by atoms with E-state index in [0.29, 0.717) is 23.8 Å². The molecule has 3 heterocycles. The van der Waals surface area contributed by atoms with Crippen molar-refractivity contribution >= 4 is 17.4 Å². The summed E-state index contributed by atoms with van der Waals surface area (Å²) in [6, 6.07) is 8.70. The maximum atomic E-state index is 13.6.